The molecular formula is C24H34IN7O. The van der Waals surface area contributed by atoms with Crippen LogP contribution in [0.3, 0.4) is 0 Å². The zero-order valence-electron chi connectivity index (χ0n) is 19.4. The quantitative estimate of drug-likeness (QED) is 0.180. The smallest absolute Gasteiger partial charge is 0.191 e. The van der Waals surface area contributed by atoms with Crippen LogP contribution in [-0.2, 0) is 6.42 Å². The van der Waals surface area contributed by atoms with Gasteiger partial charge in [-0.2, -0.15) is 0 Å². The number of fused-ring (bicyclic) bond motifs is 1. The molecule has 2 aromatic heterocycles. The Labute approximate surface area is 212 Å². The summed E-state index contributed by atoms with van der Waals surface area (Å²) in [5, 5.41) is 15.5. The molecule has 1 aliphatic heterocycles. The fourth-order valence-corrected chi connectivity index (χ4v) is 4.29. The van der Waals surface area contributed by atoms with Gasteiger partial charge in [0.05, 0.1) is 13.2 Å². The van der Waals surface area contributed by atoms with Crippen LogP contribution in [0.15, 0.2) is 53.7 Å². The number of aryl methyl sites for hydroxylation is 1. The van der Waals surface area contributed by atoms with Crippen LogP contribution in [0, 0.1) is 0 Å². The van der Waals surface area contributed by atoms with E-state index >= 15 is 0 Å². The first-order valence-electron chi connectivity index (χ1n) is 11.4. The summed E-state index contributed by atoms with van der Waals surface area (Å²) in [4.78, 5) is 6.96. The molecule has 9 heteroatoms. The lowest BCUT2D eigenvalue weighted by Crippen LogP contribution is -2.43. The van der Waals surface area contributed by atoms with E-state index < -0.39 is 0 Å². The summed E-state index contributed by atoms with van der Waals surface area (Å²) >= 11 is 0. The zero-order chi connectivity index (χ0) is 22.2. The Balaban J connectivity index is 0.00000306. The number of methoxy groups -OCH3 is 1. The highest BCUT2D eigenvalue weighted by molar-refractivity contribution is 14.0. The van der Waals surface area contributed by atoms with Crippen LogP contribution in [0.25, 0.3) is 5.65 Å². The summed E-state index contributed by atoms with van der Waals surface area (Å²) in [6.45, 7) is 3.86. The Morgan fingerprint density at radius 2 is 1.97 bits per heavy atom. The van der Waals surface area contributed by atoms with Gasteiger partial charge in [0, 0.05) is 32.8 Å². The van der Waals surface area contributed by atoms with Gasteiger partial charge in [-0.15, -0.1) is 34.2 Å². The lowest BCUT2D eigenvalue weighted by atomic mass is 10.1. The van der Waals surface area contributed by atoms with E-state index in [1.165, 1.54) is 18.4 Å². The molecule has 3 heterocycles. The molecule has 33 heavy (non-hydrogen) atoms. The molecule has 1 fully saturated rings. The lowest BCUT2D eigenvalue weighted by Gasteiger charge is -2.29. The van der Waals surface area contributed by atoms with E-state index in [1.807, 2.05) is 41.9 Å². The van der Waals surface area contributed by atoms with E-state index in [1.54, 1.807) is 7.11 Å². The standard InChI is InChI=1S/C24H33N7O.HI/c1-25-24(26-13-8-12-23-29-28-22-11-3-4-16-31(22)23)27-18-21(30-14-5-6-15-30)19-9-7-10-20(17-19)32-2;/h3-4,7,9-11,16-17,21H,5-6,8,12-15,18H2,1-2H3,(H2,25,26,27);1H. The number of hydrogen-bond donors (Lipinski definition) is 2. The van der Waals surface area contributed by atoms with Gasteiger partial charge in [-0.25, -0.2) is 0 Å². The number of nitrogens with one attached hydrogen (secondary N) is 2. The topological polar surface area (TPSA) is 79.1 Å². The Bertz CT molecular complexity index is 1030. The van der Waals surface area contributed by atoms with E-state index in [9.17, 15) is 0 Å². The number of likely N-dealkylation sites (tertiary alicyclic amines) is 1. The summed E-state index contributed by atoms with van der Waals surface area (Å²) < 4.78 is 7.49. The summed E-state index contributed by atoms with van der Waals surface area (Å²) in [7, 11) is 3.54. The molecule has 1 aliphatic rings. The number of halogens is 1. The van der Waals surface area contributed by atoms with Crippen LogP contribution in [0.4, 0.5) is 0 Å². The highest BCUT2D eigenvalue weighted by atomic mass is 127. The Kier molecular flexibility index (Phi) is 9.74. The molecule has 0 amide bonds. The molecule has 3 aromatic rings. The van der Waals surface area contributed by atoms with E-state index in [0.717, 1.165) is 62.2 Å². The average Bonchev–Trinajstić information content (AvgIpc) is 3.51. The first-order chi connectivity index (χ1) is 15.8. The number of nitrogens with zero attached hydrogens (tertiary/aromatic N) is 5. The molecule has 0 spiro atoms. The summed E-state index contributed by atoms with van der Waals surface area (Å²) in [6.07, 6.45) is 6.32. The molecule has 2 N–H and O–H groups in total. The van der Waals surface area contributed by atoms with Crippen LogP contribution in [0.5, 0.6) is 5.75 Å². The van der Waals surface area contributed by atoms with Gasteiger partial charge in [0.2, 0.25) is 0 Å². The maximum Gasteiger partial charge on any atom is 0.191 e. The Morgan fingerprint density at radius 1 is 1.12 bits per heavy atom. The van der Waals surface area contributed by atoms with Gasteiger partial charge < -0.3 is 15.4 Å². The molecule has 1 unspecified atom stereocenters. The third-order valence-electron chi connectivity index (χ3n) is 6.00. The zero-order valence-corrected chi connectivity index (χ0v) is 21.7. The molecule has 1 saturated heterocycles. The molecule has 4 rings (SSSR count). The van der Waals surface area contributed by atoms with Crippen molar-refractivity contribution in [2.75, 3.05) is 40.3 Å². The third kappa shape index (κ3) is 6.57. The number of rotatable bonds is 9. The second-order valence-electron chi connectivity index (χ2n) is 8.06. The number of guanidine groups is 1. The number of aromatic nitrogens is 3. The number of ether oxygens (including phenoxy) is 1. The number of aliphatic imine (C=N–C) groups is 1. The van der Waals surface area contributed by atoms with Gasteiger partial charge in [-0.3, -0.25) is 14.3 Å². The number of pyridine rings is 1. The minimum Gasteiger partial charge on any atom is -0.497 e. The van der Waals surface area contributed by atoms with Crippen LogP contribution in [0.1, 0.15) is 36.7 Å². The SMILES string of the molecule is CN=C(NCCCc1nnc2ccccn12)NCC(c1cccc(OC)c1)N1CCCC1.I. The van der Waals surface area contributed by atoms with E-state index in [2.05, 4.69) is 48.9 Å². The van der Waals surface area contributed by atoms with Crippen LogP contribution >= 0.6 is 24.0 Å². The molecule has 178 valence electrons. The molecule has 0 radical (unpaired) electrons. The molecule has 0 aliphatic carbocycles. The molecule has 1 atom stereocenters. The van der Waals surface area contributed by atoms with Crippen LogP contribution in [-0.4, -0.2) is 65.8 Å². The minimum absolute atomic E-state index is 0. The Morgan fingerprint density at radius 3 is 2.76 bits per heavy atom. The predicted molar refractivity (Wildman–Crippen MR) is 143 cm³/mol. The van der Waals surface area contributed by atoms with Crippen molar-refractivity contribution in [3.63, 3.8) is 0 Å². The molecule has 0 bridgehead atoms. The third-order valence-corrected chi connectivity index (χ3v) is 6.00. The van der Waals surface area contributed by atoms with Gasteiger partial charge in [0.1, 0.15) is 11.6 Å². The minimum atomic E-state index is 0. The predicted octanol–water partition coefficient (Wildman–Crippen LogP) is 3.29. The highest BCUT2D eigenvalue weighted by Gasteiger charge is 2.24. The molecule has 8 nitrogen and oxygen atoms in total. The molecule has 1 aromatic carbocycles. The van der Waals surface area contributed by atoms with Crippen LogP contribution < -0.4 is 15.4 Å². The number of benzene rings is 1. The van der Waals surface area contributed by atoms with Gasteiger partial charge >= 0.3 is 0 Å². The van der Waals surface area contributed by atoms with Crippen molar-refractivity contribution in [1.82, 2.24) is 30.1 Å². The first kappa shape index (κ1) is 25.2. The van der Waals surface area contributed by atoms with Crippen molar-refractivity contribution in [3.05, 3.63) is 60.0 Å². The molecule has 0 saturated carbocycles. The normalized spacial score (nSPS) is 15.3. The lowest BCUT2D eigenvalue weighted by molar-refractivity contribution is 0.245. The van der Waals surface area contributed by atoms with E-state index in [4.69, 9.17) is 4.74 Å². The van der Waals surface area contributed by atoms with Crippen LogP contribution in [0.2, 0.25) is 0 Å². The van der Waals surface area contributed by atoms with Crippen molar-refractivity contribution in [2.45, 2.75) is 31.7 Å². The van der Waals surface area contributed by atoms with Crippen molar-refractivity contribution < 1.29 is 4.74 Å². The average molecular weight is 563 g/mol. The first-order valence-corrected chi connectivity index (χ1v) is 11.4. The van der Waals surface area contributed by atoms with Gasteiger partial charge in [0.15, 0.2) is 11.6 Å². The Hall–Kier alpha value is -2.40. The maximum absolute atomic E-state index is 5.45. The summed E-state index contributed by atoms with van der Waals surface area (Å²) in [5.74, 6) is 2.70. The van der Waals surface area contributed by atoms with E-state index in [-0.39, 0.29) is 30.0 Å². The summed E-state index contributed by atoms with van der Waals surface area (Å²) in [5.41, 5.74) is 2.16. The van der Waals surface area contributed by atoms with Crippen molar-refractivity contribution in [1.29, 1.82) is 0 Å². The largest absolute Gasteiger partial charge is 0.497 e. The van der Waals surface area contributed by atoms with Gasteiger partial charge in [-0.05, 0) is 62.2 Å². The van der Waals surface area contributed by atoms with E-state index in [0.29, 0.717) is 0 Å². The maximum atomic E-state index is 5.45. The number of hydrogen-bond acceptors (Lipinski definition) is 5. The second kappa shape index (κ2) is 12.7. The van der Waals surface area contributed by atoms with Gasteiger partial charge in [0.25, 0.3) is 0 Å². The second-order valence-corrected chi connectivity index (χ2v) is 8.06. The fourth-order valence-electron chi connectivity index (χ4n) is 4.29. The highest BCUT2D eigenvalue weighted by Crippen LogP contribution is 2.27. The fraction of sp³-hybridized carbons (Fsp3) is 0.458. The van der Waals surface area contributed by atoms with Crippen molar-refractivity contribution in [3.8, 4) is 5.75 Å². The van der Waals surface area contributed by atoms with Gasteiger partial charge in [-0.1, -0.05) is 18.2 Å². The van der Waals surface area contributed by atoms with Crippen molar-refractivity contribution >= 4 is 35.6 Å². The summed E-state index contributed by atoms with van der Waals surface area (Å²) in [6, 6.07) is 14.6. The molecular weight excluding hydrogens is 529 g/mol. The monoisotopic (exact) mass is 563 g/mol. The van der Waals surface area contributed by atoms with Crippen molar-refractivity contribution in [2.24, 2.45) is 4.99 Å².